The molecule has 0 spiro atoms. The van der Waals surface area contributed by atoms with Crippen molar-refractivity contribution in [2.75, 3.05) is 19.8 Å². The Morgan fingerprint density at radius 2 is 1.61 bits per heavy atom. The minimum absolute atomic E-state index is 0.314. The van der Waals surface area contributed by atoms with Crippen molar-refractivity contribution in [1.82, 2.24) is 10.9 Å². The van der Waals surface area contributed by atoms with E-state index >= 15 is 0 Å². The Labute approximate surface area is 180 Å². The number of nitriles is 1. The standard InChI is InChI=1S/C22H25N3O6/c1-4-28-17-7-9-18(10-8-17)31-15(3)22(27)25-24-21(26)14-30-19-11-6-16(13-23)12-20(19)29-5-2/h6-12,15H,4-5,14H2,1-3H3,(H,24,26)(H,25,27). The number of rotatable bonds is 10. The quantitative estimate of drug-likeness (QED) is 0.559. The molecule has 0 heterocycles. The van der Waals surface area contributed by atoms with E-state index in [1.165, 1.54) is 6.07 Å². The van der Waals surface area contributed by atoms with Gasteiger partial charge < -0.3 is 18.9 Å². The first-order valence-electron chi connectivity index (χ1n) is 9.74. The van der Waals surface area contributed by atoms with Gasteiger partial charge in [0.05, 0.1) is 24.8 Å². The van der Waals surface area contributed by atoms with Crippen LogP contribution >= 0.6 is 0 Å². The van der Waals surface area contributed by atoms with Gasteiger partial charge >= 0.3 is 0 Å². The summed E-state index contributed by atoms with van der Waals surface area (Å²) in [4.78, 5) is 24.1. The molecule has 0 fully saturated rings. The number of carbonyl (C=O) groups excluding carboxylic acids is 2. The highest BCUT2D eigenvalue weighted by atomic mass is 16.5. The maximum atomic E-state index is 12.1. The molecule has 164 valence electrons. The average Bonchev–Trinajstić information content (AvgIpc) is 2.78. The van der Waals surface area contributed by atoms with Gasteiger partial charge in [-0.05, 0) is 57.2 Å². The minimum Gasteiger partial charge on any atom is -0.494 e. The van der Waals surface area contributed by atoms with Crippen molar-refractivity contribution in [3.05, 3.63) is 48.0 Å². The predicted molar refractivity (Wildman–Crippen MR) is 112 cm³/mol. The fourth-order valence-corrected chi connectivity index (χ4v) is 2.42. The monoisotopic (exact) mass is 427 g/mol. The Morgan fingerprint density at radius 3 is 2.26 bits per heavy atom. The molecule has 1 atom stereocenters. The van der Waals surface area contributed by atoms with Crippen molar-refractivity contribution in [2.24, 2.45) is 0 Å². The van der Waals surface area contributed by atoms with Crippen molar-refractivity contribution >= 4 is 11.8 Å². The normalized spacial score (nSPS) is 10.9. The first kappa shape index (κ1) is 23.3. The molecule has 0 radical (unpaired) electrons. The number of nitrogens with one attached hydrogen (secondary N) is 2. The molecular formula is C22H25N3O6. The second kappa shape index (κ2) is 11.9. The summed E-state index contributed by atoms with van der Waals surface area (Å²) in [7, 11) is 0. The van der Waals surface area contributed by atoms with Crippen molar-refractivity contribution in [1.29, 1.82) is 5.26 Å². The number of carbonyl (C=O) groups is 2. The number of hydrazine groups is 1. The lowest BCUT2D eigenvalue weighted by Crippen LogP contribution is -2.48. The summed E-state index contributed by atoms with van der Waals surface area (Å²) in [5, 5.41) is 8.97. The highest BCUT2D eigenvalue weighted by Crippen LogP contribution is 2.28. The van der Waals surface area contributed by atoms with Crippen LogP contribution in [0.25, 0.3) is 0 Å². The van der Waals surface area contributed by atoms with Crippen molar-refractivity contribution in [2.45, 2.75) is 26.9 Å². The molecule has 0 aromatic heterocycles. The molecule has 2 aromatic carbocycles. The molecule has 0 aliphatic heterocycles. The molecule has 2 amide bonds. The Morgan fingerprint density at radius 1 is 0.935 bits per heavy atom. The Bertz CT molecular complexity index is 924. The largest absolute Gasteiger partial charge is 0.494 e. The highest BCUT2D eigenvalue weighted by Gasteiger charge is 2.16. The third kappa shape index (κ3) is 7.44. The van der Waals surface area contributed by atoms with E-state index in [2.05, 4.69) is 10.9 Å². The van der Waals surface area contributed by atoms with Gasteiger partial charge in [0.2, 0.25) is 0 Å². The lowest BCUT2D eigenvalue weighted by Gasteiger charge is -2.16. The molecule has 2 aromatic rings. The summed E-state index contributed by atoms with van der Waals surface area (Å²) in [6.45, 7) is 5.81. The van der Waals surface area contributed by atoms with Gasteiger partial charge in [-0.1, -0.05) is 0 Å². The van der Waals surface area contributed by atoms with E-state index in [9.17, 15) is 9.59 Å². The SMILES string of the molecule is CCOc1ccc(OC(C)C(=O)NNC(=O)COc2ccc(C#N)cc2OCC)cc1. The molecule has 31 heavy (non-hydrogen) atoms. The molecule has 2 N–H and O–H groups in total. The first-order chi connectivity index (χ1) is 15.0. The van der Waals surface area contributed by atoms with Gasteiger partial charge in [0.25, 0.3) is 11.8 Å². The third-order valence-electron chi connectivity index (χ3n) is 3.87. The molecule has 9 nitrogen and oxygen atoms in total. The van der Waals surface area contributed by atoms with Crippen LogP contribution in [0.3, 0.4) is 0 Å². The summed E-state index contributed by atoms with van der Waals surface area (Å²) in [6.07, 6.45) is -0.845. The molecule has 0 bridgehead atoms. The fraction of sp³-hybridized carbons (Fsp3) is 0.318. The average molecular weight is 427 g/mol. The van der Waals surface area contributed by atoms with Crippen LogP contribution in [-0.4, -0.2) is 37.7 Å². The predicted octanol–water partition coefficient (Wildman–Crippen LogP) is 2.35. The lowest BCUT2D eigenvalue weighted by molar-refractivity contribution is -0.133. The Hall–Kier alpha value is -3.93. The van der Waals surface area contributed by atoms with E-state index in [0.717, 1.165) is 0 Å². The smallest absolute Gasteiger partial charge is 0.279 e. The maximum Gasteiger partial charge on any atom is 0.279 e. The van der Waals surface area contributed by atoms with Gasteiger partial charge in [-0.25, -0.2) is 0 Å². The zero-order chi connectivity index (χ0) is 22.6. The van der Waals surface area contributed by atoms with Crippen LogP contribution in [-0.2, 0) is 9.59 Å². The van der Waals surface area contributed by atoms with Crippen LogP contribution in [0.4, 0.5) is 0 Å². The number of hydrogen-bond acceptors (Lipinski definition) is 7. The van der Waals surface area contributed by atoms with E-state index in [4.69, 9.17) is 24.2 Å². The van der Waals surface area contributed by atoms with Crippen LogP contribution in [0.2, 0.25) is 0 Å². The molecular weight excluding hydrogens is 402 g/mol. The second-order valence-electron chi connectivity index (χ2n) is 6.20. The Kier molecular flexibility index (Phi) is 8.98. The van der Waals surface area contributed by atoms with Gasteiger partial charge in [-0.2, -0.15) is 5.26 Å². The van der Waals surface area contributed by atoms with Crippen molar-refractivity contribution in [3.63, 3.8) is 0 Å². The molecule has 0 aliphatic rings. The Balaban J connectivity index is 1.80. The van der Waals surface area contributed by atoms with Gasteiger partial charge in [-0.15, -0.1) is 0 Å². The van der Waals surface area contributed by atoms with Crippen LogP contribution in [0, 0.1) is 11.3 Å². The fourth-order valence-electron chi connectivity index (χ4n) is 2.42. The summed E-state index contributed by atoms with van der Waals surface area (Å²) in [5.41, 5.74) is 4.96. The molecule has 9 heteroatoms. The number of nitrogens with zero attached hydrogens (tertiary/aromatic N) is 1. The van der Waals surface area contributed by atoms with Crippen LogP contribution < -0.4 is 29.8 Å². The summed E-state index contributed by atoms with van der Waals surface area (Å²) >= 11 is 0. The van der Waals surface area contributed by atoms with E-state index < -0.39 is 17.9 Å². The first-order valence-corrected chi connectivity index (χ1v) is 9.74. The van der Waals surface area contributed by atoms with Crippen molar-refractivity contribution < 1.29 is 28.5 Å². The zero-order valence-corrected chi connectivity index (χ0v) is 17.6. The van der Waals surface area contributed by atoms with E-state index in [1.807, 2.05) is 13.0 Å². The van der Waals surface area contributed by atoms with E-state index in [1.54, 1.807) is 50.2 Å². The topological polar surface area (TPSA) is 119 Å². The second-order valence-corrected chi connectivity index (χ2v) is 6.20. The van der Waals surface area contributed by atoms with Crippen LogP contribution in [0.15, 0.2) is 42.5 Å². The van der Waals surface area contributed by atoms with Gasteiger partial charge in [-0.3, -0.25) is 20.4 Å². The minimum atomic E-state index is -0.845. The number of hydrogen-bond donors (Lipinski definition) is 2. The molecule has 1 unspecified atom stereocenters. The molecule has 0 aliphatic carbocycles. The van der Waals surface area contributed by atoms with Crippen molar-refractivity contribution in [3.8, 4) is 29.1 Å². The zero-order valence-electron chi connectivity index (χ0n) is 17.6. The highest BCUT2D eigenvalue weighted by molar-refractivity contribution is 5.85. The molecule has 0 saturated heterocycles. The molecule has 0 saturated carbocycles. The number of amides is 2. The maximum absolute atomic E-state index is 12.1. The van der Waals surface area contributed by atoms with Gasteiger partial charge in [0.1, 0.15) is 11.5 Å². The van der Waals surface area contributed by atoms with E-state index in [-0.39, 0.29) is 6.61 Å². The molecule has 2 rings (SSSR count). The van der Waals surface area contributed by atoms with Gasteiger partial charge in [0.15, 0.2) is 24.2 Å². The third-order valence-corrected chi connectivity index (χ3v) is 3.87. The summed E-state index contributed by atoms with van der Waals surface area (Å²) in [6, 6.07) is 13.5. The van der Waals surface area contributed by atoms with Gasteiger partial charge in [0, 0.05) is 6.07 Å². The lowest BCUT2D eigenvalue weighted by atomic mass is 10.2. The number of benzene rings is 2. The summed E-state index contributed by atoms with van der Waals surface area (Å²) in [5.74, 6) is 0.758. The summed E-state index contributed by atoms with van der Waals surface area (Å²) < 4.78 is 21.7. The van der Waals surface area contributed by atoms with Crippen LogP contribution in [0.5, 0.6) is 23.0 Å². The number of ether oxygens (including phenoxy) is 4. The van der Waals surface area contributed by atoms with E-state index in [0.29, 0.717) is 41.8 Å². The van der Waals surface area contributed by atoms with Crippen LogP contribution in [0.1, 0.15) is 26.3 Å².